The third-order valence-electron chi connectivity index (χ3n) is 3.17. The minimum absolute atomic E-state index is 0.0549. The zero-order valence-electron chi connectivity index (χ0n) is 12.5. The largest absolute Gasteiger partial charge is 0.496 e. The normalized spacial score (nSPS) is 10.0. The zero-order chi connectivity index (χ0) is 15.1. The lowest BCUT2D eigenvalue weighted by Gasteiger charge is -2.23. The van der Waals surface area contributed by atoms with Crippen molar-refractivity contribution in [2.24, 2.45) is 0 Å². The monoisotopic (exact) mass is 278 g/mol. The summed E-state index contributed by atoms with van der Waals surface area (Å²) < 4.78 is 5.17. The van der Waals surface area contributed by atoms with E-state index in [1.165, 1.54) is 12.0 Å². The van der Waals surface area contributed by atoms with Crippen molar-refractivity contribution in [3.8, 4) is 5.75 Å². The molecule has 5 nitrogen and oxygen atoms in total. The molecule has 0 aliphatic heterocycles. The summed E-state index contributed by atoms with van der Waals surface area (Å²) in [5, 5.41) is 0. The van der Waals surface area contributed by atoms with E-state index in [4.69, 9.17) is 4.74 Å². The fourth-order valence-electron chi connectivity index (χ4n) is 1.98. The van der Waals surface area contributed by atoms with Crippen LogP contribution in [0.3, 0.4) is 0 Å². The first-order valence-electron chi connectivity index (χ1n) is 6.71. The lowest BCUT2D eigenvalue weighted by molar-refractivity contribution is -0.131. The number of ether oxygens (including phenoxy) is 1. The van der Waals surface area contributed by atoms with Crippen molar-refractivity contribution >= 4 is 11.8 Å². The first-order valence-corrected chi connectivity index (χ1v) is 6.71. The third-order valence-corrected chi connectivity index (χ3v) is 3.17. The van der Waals surface area contributed by atoms with Crippen molar-refractivity contribution in [1.29, 1.82) is 0 Å². The quantitative estimate of drug-likeness (QED) is 0.795. The van der Waals surface area contributed by atoms with E-state index in [9.17, 15) is 9.59 Å². The van der Waals surface area contributed by atoms with Crippen LogP contribution in [0.15, 0.2) is 24.3 Å². The number of hydrogen-bond acceptors (Lipinski definition) is 3. The van der Waals surface area contributed by atoms with Gasteiger partial charge in [0.25, 0.3) is 5.91 Å². The molecule has 0 atom stereocenters. The molecule has 1 aromatic rings. The Labute approximate surface area is 120 Å². The number of rotatable bonds is 6. The standard InChI is InChI=1S/C15H22N2O3/c1-5-17(6-2)14(18)11-16(3)15(19)12-9-7-8-10-13(12)20-4/h7-10H,5-6,11H2,1-4H3. The van der Waals surface area contributed by atoms with E-state index in [1.54, 1.807) is 36.2 Å². The molecule has 0 aromatic heterocycles. The van der Waals surface area contributed by atoms with Crippen LogP contribution in [-0.4, -0.2) is 55.4 Å². The molecule has 0 spiro atoms. The lowest BCUT2D eigenvalue weighted by atomic mass is 10.2. The van der Waals surface area contributed by atoms with Crippen molar-refractivity contribution in [2.75, 3.05) is 33.8 Å². The number of carbonyl (C=O) groups excluding carboxylic acids is 2. The molecule has 0 saturated heterocycles. The van der Waals surface area contributed by atoms with Gasteiger partial charge in [0.2, 0.25) is 5.91 Å². The van der Waals surface area contributed by atoms with Crippen LogP contribution in [0.4, 0.5) is 0 Å². The fourth-order valence-corrected chi connectivity index (χ4v) is 1.98. The minimum Gasteiger partial charge on any atom is -0.496 e. The van der Waals surface area contributed by atoms with Gasteiger partial charge in [-0.05, 0) is 26.0 Å². The number of likely N-dealkylation sites (N-methyl/N-ethyl adjacent to an activating group) is 2. The van der Waals surface area contributed by atoms with Crippen molar-refractivity contribution < 1.29 is 14.3 Å². The second-order valence-corrected chi connectivity index (χ2v) is 4.43. The van der Waals surface area contributed by atoms with E-state index < -0.39 is 0 Å². The molecule has 0 fully saturated rings. The summed E-state index contributed by atoms with van der Waals surface area (Å²) in [7, 11) is 3.14. The van der Waals surface area contributed by atoms with Crippen LogP contribution in [0.5, 0.6) is 5.75 Å². The summed E-state index contributed by atoms with van der Waals surface area (Å²) in [6, 6.07) is 7.00. The fraction of sp³-hybridized carbons (Fsp3) is 0.467. The van der Waals surface area contributed by atoms with Crippen LogP contribution in [0.25, 0.3) is 0 Å². The molecular formula is C15H22N2O3. The average molecular weight is 278 g/mol. The van der Waals surface area contributed by atoms with Gasteiger partial charge in [-0.2, -0.15) is 0 Å². The van der Waals surface area contributed by atoms with Gasteiger partial charge in [-0.15, -0.1) is 0 Å². The Morgan fingerprint density at radius 3 is 2.30 bits per heavy atom. The number of benzene rings is 1. The van der Waals surface area contributed by atoms with Gasteiger partial charge in [-0.25, -0.2) is 0 Å². The van der Waals surface area contributed by atoms with Gasteiger partial charge in [0.15, 0.2) is 0 Å². The second kappa shape index (κ2) is 7.53. The summed E-state index contributed by atoms with van der Waals surface area (Å²) in [6.07, 6.45) is 0. The van der Waals surface area contributed by atoms with Crippen LogP contribution in [0, 0.1) is 0 Å². The highest BCUT2D eigenvalue weighted by Gasteiger charge is 2.20. The van der Waals surface area contributed by atoms with Gasteiger partial charge in [0, 0.05) is 20.1 Å². The SMILES string of the molecule is CCN(CC)C(=O)CN(C)C(=O)c1ccccc1OC. The highest BCUT2D eigenvalue weighted by molar-refractivity contribution is 5.98. The zero-order valence-corrected chi connectivity index (χ0v) is 12.5. The first kappa shape index (κ1) is 16.0. The van der Waals surface area contributed by atoms with Gasteiger partial charge in [-0.1, -0.05) is 12.1 Å². The molecule has 0 unspecified atom stereocenters. The number of nitrogens with zero attached hydrogens (tertiary/aromatic N) is 2. The van der Waals surface area contributed by atoms with Gasteiger partial charge < -0.3 is 14.5 Å². The number of para-hydroxylation sites is 1. The van der Waals surface area contributed by atoms with Gasteiger partial charge in [0.05, 0.1) is 19.2 Å². The molecule has 20 heavy (non-hydrogen) atoms. The predicted molar refractivity (Wildman–Crippen MR) is 77.9 cm³/mol. The van der Waals surface area contributed by atoms with E-state index in [2.05, 4.69) is 0 Å². The second-order valence-electron chi connectivity index (χ2n) is 4.43. The Morgan fingerprint density at radius 2 is 1.75 bits per heavy atom. The predicted octanol–water partition coefficient (Wildman–Crippen LogP) is 1.64. The molecule has 0 N–H and O–H groups in total. The molecule has 0 saturated carbocycles. The molecule has 2 amide bonds. The Bertz CT molecular complexity index is 470. The number of hydrogen-bond donors (Lipinski definition) is 0. The Balaban J connectivity index is 2.79. The lowest BCUT2D eigenvalue weighted by Crippen LogP contribution is -2.41. The smallest absolute Gasteiger partial charge is 0.257 e. The molecule has 0 aliphatic rings. The minimum atomic E-state index is -0.219. The van der Waals surface area contributed by atoms with Crippen molar-refractivity contribution in [2.45, 2.75) is 13.8 Å². The Hall–Kier alpha value is -2.04. The van der Waals surface area contributed by atoms with Gasteiger partial charge in [0.1, 0.15) is 5.75 Å². The summed E-state index contributed by atoms with van der Waals surface area (Å²) >= 11 is 0. The van der Waals surface area contributed by atoms with Crippen LogP contribution < -0.4 is 4.74 Å². The van der Waals surface area contributed by atoms with E-state index in [0.29, 0.717) is 24.4 Å². The molecule has 1 rings (SSSR count). The van der Waals surface area contributed by atoms with Crippen LogP contribution in [0.2, 0.25) is 0 Å². The summed E-state index contributed by atoms with van der Waals surface area (Å²) in [6.45, 7) is 5.20. The van der Waals surface area contributed by atoms with Gasteiger partial charge in [-0.3, -0.25) is 9.59 Å². The van der Waals surface area contributed by atoms with Crippen LogP contribution in [0.1, 0.15) is 24.2 Å². The van der Waals surface area contributed by atoms with Crippen molar-refractivity contribution in [3.63, 3.8) is 0 Å². The van der Waals surface area contributed by atoms with Gasteiger partial charge >= 0.3 is 0 Å². The van der Waals surface area contributed by atoms with E-state index in [1.807, 2.05) is 13.8 Å². The van der Waals surface area contributed by atoms with Crippen LogP contribution in [-0.2, 0) is 4.79 Å². The maximum atomic E-state index is 12.3. The van der Waals surface area contributed by atoms with E-state index in [0.717, 1.165) is 0 Å². The number of carbonyl (C=O) groups is 2. The average Bonchev–Trinajstić information content (AvgIpc) is 2.47. The van der Waals surface area contributed by atoms with E-state index >= 15 is 0 Å². The maximum absolute atomic E-state index is 12.3. The molecule has 0 aliphatic carbocycles. The summed E-state index contributed by atoms with van der Waals surface area (Å²) in [4.78, 5) is 27.5. The topological polar surface area (TPSA) is 49.9 Å². The van der Waals surface area contributed by atoms with Crippen molar-refractivity contribution in [3.05, 3.63) is 29.8 Å². The molecule has 0 radical (unpaired) electrons. The summed E-state index contributed by atoms with van der Waals surface area (Å²) in [5.41, 5.74) is 0.463. The molecule has 0 heterocycles. The van der Waals surface area contributed by atoms with E-state index in [-0.39, 0.29) is 18.4 Å². The molecule has 1 aromatic carbocycles. The first-order chi connectivity index (χ1) is 9.54. The molecule has 5 heteroatoms. The Kier molecular flexibility index (Phi) is 6.03. The highest BCUT2D eigenvalue weighted by Crippen LogP contribution is 2.18. The molecule has 110 valence electrons. The summed E-state index contributed by atoms with van der Waals surface area (Å²) in [5.74, 6) is 0.239. The van der Waals surface area contributed by atoms with Crippen molar-refractivity contribution in [1.82, 2.24) is 9.80 Å². The highest BCUT2D eigenvalue weighted by atomic mass is 16.5. The number of amides is 2. The number of methoxy groups -OCH3 is 1. The van der Waals surface area contributed by atoms with Crippen LogP contribution >= 0.6 is 0 Å². The molecule has 0 bridgehead atoms. The Morgan fingerprint density at radius 1 is 1.15 bits per heavy atom. The molecular weight excluding hydrogens is 256 g/mol. The third kappa shape index (κ3) is 3.73. The maximum Gasteiger partial charge on any atom is 0.257 e.